The van der Waals surface area contributed by atoms with E-state index in [1.165, 1.54) is 0 Å². The first kappa shape index (κ1) is 19.6. The number of nitrogens with zero attached hydrogens (tertiary/aromatic N) is 1. The molecular formula is C22H28N2O2S. The van der Waals surface area contributed by atoms with Crippen LogP contribution in [0.5, 0.6) is 0 Å². The molecule has 0 aliphatic heterocycles. The van der Waals surface area contributed by atoms with Crippen molar-refractivity contribution < 1.29 is 9.53 Å². The zero-order chi connectivity index (χ0) is 19.6. The third-order valence-electron chi connectivity index (χ3n) is 5.57. The van der Waals surface area contributed by atoms with Crippen LogP contribution in [0.3, 0.4) is 0 Å². The van der Waals surface area contributed by atoms with Gasteiger partial charge in [-0.25, -0.2) is 4.98 Å². The average molecular weight is 385 g/mol. The number of nitrogen functional groups attached to an aromatic ring is 1. The monoisotopic (exact) mass is 384 g/mol. The summed E-state index contributed by atoms with van der Waals surface area (Å²) in [5.74, 6) is 0.129. The van der Waals surface area contributed by atoms with Crippen molar-refractivity contribution in [2.75, 3.05) is 12.3 Å². The largest absolute Gasteiger partial charge is 0.466 e. The molecule has 27 heavy (non-hydrogen) atoms. The van der Waals surface area contributed by atoms with E-state index in [0.717, 1.165) is 46.0 Å². The molecule has 3 unspecified atom stereocenters. The molecule has 3 rings (SSSR count). The van der Waals surface area contributed by atoms with Gasteiger partial charge in [-0.1, -0.05) is 19.1 Å². The first-order valence-electron chi connectivity index (χ1n) is 9.52. The van der Waals surface area contributed by atoms with Gasteiger partial charge in [0.1, 0.15) is 5.01 Å². The fraction of sp³-hybridized carbons (Fsp3) is 0.455. The maximum atomic E-state index is 12.2. The molecule has 1 heterocycles. The third kappa shape index (κ3) is 3.93. The van der Waals surface area contributed by atoms with Gasteiger partial charge in [-0.2, -0.15) is 0 Å². The minimum Gasteiger partial charge on any atom is -0.466 e. The second-order valence-corrected chi connectivity index (χ2v) is 8.63. The average Bonchev–Trinajstić information content (AvgIpc) is 3.11. The van der Waals surface area contributed by atoms with Crippen LogP contribution in [-0.4, -0.2) is 17.6 Å². The number of hydrogen-bond donors (Lipinski definition) is 1. The van der Waals surface area contributed by atoms with E-state index in [0.29, 0.717) is 6.61 Å². The van der Waals surface area contributed by atoms with E-state index in [1.54, 1.807) is 11.3 Å². The lowest BCUT2D eigenvalue weighted by atomic mass is 9.66. The highest BCUT2D eigenvalue weighted by atomic mass is 32.1. The molecule has 0 radical (unpaired) electrons. The molecule has 2 N–H and O–H groups in total. The summed E-state index contributed by atoms with van der Waals surface area (Å²) in [7, 11) is 0. The predicted octanol–water partition coefficient (Wildman–Crippen LogP) is 5.12. The van der Waals surface area contributed by atoms with Crippen LogP contribution in [0, 0.1) is 18.8 Å². The summed E-state index contributed by atoms with van der Waals surface area (Å²) in [6, 6.07) is 6.09. The molecule has 1 aliphatic rings. The van der Waals surface area contributed by atoms with Crippen LogP contribution in [0.25, 0.3) is 10.4 Å². The second kappa shape index (κ2) is 7.85. The first-order valence-corrected chi connectivity index (χ1v) is 10.3. The fourth-order valence-corrected chi connectivity index (χ4v) is 5.30. The number of carbonyl (C=O) groups is 1. The Morgan fingerprint density at radius 3 is 2.89 bits per heavy atom. The van der Waals surface area contributed by atoms with Crippen LogP contribution in [0.1, 0.15) is 43.7 Å². The molecule has 0 spiro atoms. The number of hydrogen-bond acceptors (Lipinski definition) is 5. The summed E-state index contributed by atoms with van der Waals surface area (Å²) in [5, 5.41) is 1.07. The van der Waals surface area contributed by atoms with Crippen LogP contribution in [-0.2, 0) is 14.9 Å². The smallest absolute Gasteiger partial charge is 0.309 e. The Balaban J connectivity index is 1.86. The number of aromatic nitrogens is 1. The molecule has 5 heteroatoms. The van der Waals surface area contributed by atoms with Crippen molar-refractivity contribution in [3.63, 3.8) is 0 Å². The molecule has 0 bridgehead atoms. The van der Waals surface area contributed by atoms with Crippen molar-refractivity contribution in [1.29, 1.82) is 0 Å². The molecule has 4 nitrogen and oxygen atoms in total. The molecule has 2 aromatic rings. The molecule has 0 amide bonds. The number of carbonyl (C=O) groups excluding carboxylic acids is 1. The van der Waals surface area contributed by atoms with Crippen LogP contribution < -0.4 is 5.73 Å². The summed E-state index contributed by atoms with van der Waals surface area (Å²) in [4.78, 5) is 18.1. The van der Waals surface area contributed by atoms with Crippen molar-refractivity contribution in [2.24, 2.45) is 11.8 Å². The Bertz CT molecular complexity index is 824. The lowest BCUT2D eigenvalue weighted by molar-refractivity contribution is -0.151. The molecule has 1 aromatic carbocycles. The highest BCUT2D eigenvalue weighted by molar-refractivity contribution is 7.15. The van der Waals surface area contributed by atoms with Crippen molar-refractivity contribution in [1.82, 2.24) is 4.98 Å². The Labute approximate surface area is 165 Å². The van der Waals surface area contributed by atoms with Gasteiger partial charge >= 0.3 is 5.97 Å². The number of anilines is 1. The number of allylic oxidation sites excluding steroid dienone is 1. The van der Waals surface area contributed by atoms with Gasteiger partial charge in [-0.3, -0.25) is 4.79 Å². The maximum absolute atomic E-state index is 12.2. The van der Waals surface area contributed by atoms with E-state index >= 15 is 0 Å². The number of nitrogens with two attached hydrogens (primary N) is 1. The molecule has 1 fully saturated rings. The van der Waals surface area contributed by atoms with Gasteiger partial charge < -0.3 is 10.5 Å². The minimum atomic E-state index is -0.180. The molecular weight excluding hydrogens is 356 g/mol. The SMILES string of the molecule is C=CC1(c2ncc(-c3cc(C)cc(N)c3)s2)CCC(C(=O)OCC)C(C)C1. The van der Waals surface area contributed by atoms with E-state index in [1.807, 2.05) is 38.3 Å². The topological polar surface area (TPSA) is 65.2 Å². The molecule has 1 aliphatic carbocycles. The summed E-state index contributed by atoms with van der Waals surface area (Å²) < 4.78 is 5.25. The van der Waals surface area contributed by atoms with Gasteiger partial charge in [0, 0.05) is 17.3 Å². The Hall–Kier alpha value is -2.14. The Morgan fingerprint density at radius 1 is 1.48 bits per heavy atom. The van der Waals surface area contributed by atoms with Crippen molar-refractivity contribution in [3.8, 4) is 10.4 Å². The number of benzene rings is 1. The number of esters is 1. The lowest BCUT2D eigenvalue weighted by Gasteiger charge is -2.39. The van der Waals surface area contributed by atoms with Crippen LogP contribution >= 0.6 is 11.3 Å². The van der Waals surface area contributed by atoms with E-state index in [-0.39, 0.29) is 23.2 Å². The standard InChI is InChI=1S/C22H28N2O2S/c1-5-22(8-7-18(15(4)12-22)20(25)26-6-2)21-24-13-19(27-21)16-9-14(3)10-17(23)11-16/h5,9-11,13,15,18H,1,6-8,12,23H2,2-4H3. The maximum Gasteiger partial charge on any atom is 0.309 e. The molecule has 144 valence electrons. The Kier molecular flexibility index (Phi) is 5.70. The van der Waals surface area contributed by atoms with E-state index in [9.17, 15) is 4.79 Å². The fourth-order valence-electron chi connectivity index (χ4n) is 4.18. The van der Waals surface area contributed by atoms with Gasteiger partial charge in [-0.05, 0) is 62.3 Å². The Morgan fingerprint density at radius 2 is 2.26 bits per heavy atom. The van der Waals surface area contributed by atoms with Crippen LogP contribution in [0.4, 0.5) is 5.69 Å². The number of rotatable bonds is 5. The van der Waals surface area contributed by atoms with Crippen LogP contribution in [0.2, 0.25) is 0 Å². The van der Waals surface area contributed by atoms with Gasteiger partial charge in [0.15, 0.2) is 0 Å². The minimum absolute atomic E-state index is 0.0333. The molecule has 3 atom stereocenters. The number of ether oxygens (including phenoxy) is 1. The predicted molar refractivity (Wildman–Crippen MR) is 112 cm³/mol. The quantitative estimate of drug-likeness (QED) is 0.441. The van der Waals surface area contributed by atoms with Gasteiger partial charge in [-0.15, -0.1) is 17.9 Å². The summed E-state index contributed by atoms with van der Waals surface area (Å²) >= 11 is 1.70. The lowest BCUT2D eigenvalue weighted by Crippen LogP contribution is -2.38. The van der Waals surface area contributed by atoms with E-state index < -0.39 is 0 Å². The zero-order valence-electron chi connectivity index (χ0n) is 16.3. The van der Waals surface area contributed by atoms with E-state index in [4.69, 9.17) is 15.5 Å². The number of thiazole rings is 1. The number of aryl methyl sites for hydroxylation is 1. The van der Waals surface area contributed by atoms with Gasteiger partial charge in [0.05, 0.1) is 17.4 Å². The summed E-state index contributed by atoms with van der Waals surface area (Å²) in [6.07, 6.45) is 6.49. The molecule has 1 saturated carbocycles. The zero-order valence-corrected chi connectivity index (χ0v) is 17.1. The molecule has 1 aromatic heterocycles. The molecule has 0 saturated heterocycles. The highest BCUT2D eigenvalue weighted by Crippen LogP contribution is 2.47. The summed E-state index contributed by atoms with van der Waals surface area (Å²) in [6.45, 7) is 10.6. The van der Waals surface area contributed by atoms with E-state index in [2.05, 4.69) is 19.6 Å². The normalized spacial score (nSPS) is 25.1. The summed E-state index contributed by atoms with van der Waals surface area (Å²) in [5.41, 5.74) is 8.84. The highest BCUT2D eigenvalue weighted by Gasteiger charge is 2.43. The van der Waals surface area contributed by atoms with Crippen LogP contribution in [0.15, 0.2) is 37.1 Å². The van der Waals surface area contributed by atoms with Crippen molar-refractivity contribution in [2.45, 2.75) is 45.4 Å². The van der Waals surface area contributed by atoms with Gasteiger partial charge in [0.25, 0.3) is 0 Å². The first-order chi connectivity index (χ1) is 12.9. The van der Waals surface area contributed by atoms with Gasteiger partial charge in [0.2, 0.25) is 0 Å². The third-order valence-corrected chi connectivity index (χ3v) is 6.84. The van der Waals surface area contributed by atoms with Crippen molar-refractivity contribution in [3.05, 3.63) is 47.6 Å². The van der Waals surface area contributed by atoms with Crippen molar-refractivity contribution >= 4 is 23.0 Å². The second-order valence-electron chi connectivity index (χ2n) is 7.60.